The van der Waals surface area contributed by atoms with Gasteiger partial charge in [-0.3, -0.25) is 4.79 Å². The first-order chi connectivity index (χ1) is 9.00. The Morgan fingerprint density at radius 3 is 2.26 bits per heavy atom. The average molecular weight is 392 g/mol. The van der Waals surface area contributed by atoms with Crippen LogP contribution in [0.5, 0.6) is 0 Å². The number of aliphatic hydroxyl groups excluding tert-OH is 1. The lowest BCUT2D eigenvalue weighted by molar-refractivity contribution is -0.141. The summed E-state index contributed by atoms with van der Waals surface area (Å²) in [6.07, 6.45) is 2.03. The van der Waals surface area contributed by atoms with E-state index in [4.69, 9.17) is 5.73 Å². The first-order valence-electron chi connectivity index (χ1n) is 6.22. The molecule has 1 aromatic rings. The van der Waals surface area contributed by atoms with Crippen molar-refractivity contribution in [1.82, 2.24) is 4.90 Å². The molecule has 0 aliphatic carbocycles. The minimum atomic E-state index is -1.13. The SMILES string of the molecule is Nc1c(Br)cc(C(O)C(=O)N2CCCCC2)cc1Br. The number of amides is 1. The van der Waals surface area contributed by atoms with Gasteiger partial charge >= 0.3 is 0 Å². The lowest BCUT2D eigenvalue weighted by atomic mass is 10.1. The van der Waals surface area contributed by atoms with E-state index >= 15 is 0 Å². The third-order valence-corrected chi connectivity index (χ3v) is 4.63. The molecule has 104 valence electrons. The molecule has 1 saturated heterocycles. The quantitative estimate of drug-likeness (QED) is 0.761. The van der Waals surface area contributed by atoms with E-state index in [0.717, 1.165) is 32.4 Å². The van der Waals surface area contributed by atoms with Crippen LogP contribution in [0.2, 0.25) is 0 Å². The lowest BCUT2D eigenvalue weighted by Crippen LogP contribution is -2.38. The Morgan fingerprint density at radius 1 is 1.21 bits per heavy atom. The zero-order valence-electron chi connectivity index (χ0n) is 10.4. The van der Waals surface area contributed by atoms with Crippen LogP contribution in [-0.4, -0.2) is 29.0 Å². The number of carbonyl (C=O) groups is 1. The monoisotopic (exact) mass is 390 g/mol. The summed E-state index contributed by atoms with van der Waals surface area (Å²) in [5.41, 5.74) is 6.90. The van der Waals surface area contributed by atoms with Crippen LogP contribution in [0.3, 0.4) is 0 Å². The number of nitrogens with two attached hydrogens (primary N) is 1. The van der Waals surface area contributed by atoms with E-state index < -0.39 is 6.10 Å². The first-order valence-corrected chi connectivity index (χ1v) is 7.80. The molecule has 1 atom stereocenters. The second-order valence-electron chi connectivity index (χ2n) is 4.69. The maximum absolute atomic E-state index is 12.2. The van der Waals surface area contributed by atoms with Crippen LogP contribution in [-0.2, 0) is 4.79 Å². The van der Waals surface area contributed by atoms with Gasteiger partial charge in [0.05, 0.1) is 5.69 Å². The Kier molecular flexibility index (Phi) is 4.86. The highest BCUT2D eigenvalue weighted by atomic mass is 79.9. The molecular weight excluding hydrogens is 376 g/mol. The summed E-state index contributed by atoms with van der Waals surface area (Å²) >= 11 is 6.64. The van der Waals surface area contributed by atoms with E-state index in [9.17, 15) is 9.90 Å². The molecule has 0 aromatic heterocycles. The van der Waals surface area contributed by atoms with Gasteiger partial charge in [-0.2, -0.15) is 0 Å². The number of aliphatic hydroxyl groups is 1. The largest absolute Gasteiger partial charge is 0.397 e. The van der Waals surface area contributed by atoms with Gasteiger partial charge in [-0.15, -0.1) is 0 Å². The molecule has 19 heavy (non-hydrogen) atoms. The summed E-state index contributed by atoms with van der Waals surface area (Å²) in [6.45, 7) is 1.46. The average Bonchev–Trinajstić information content (AvgIpc) is 2.43. The van der Waals surface area contributed by atoms with Gasteiger partial charge in [-0.1, -0.05) is 0 Å². The smallest absolute Gasteiger partial charge is 0.256 e. The number of likely N-dealkylation sites (tertiary alicyclic amines) is 1. The number of benzene rings is 1. The minimum Gasteiger partial charge on any atom is -0.397 e. The van der Waals surface area contributed by atoms with Crippen molar-refractivity contribution in [3.8, 4) is 0 Å². The maximum Gasteiger partial charge on any atom is 0.256 e. The number of hydrogen-bond acceptors (Lipinski definition) is 3. The fourth-order valence-corrected chi connectivity index (χ4v) is 3.41. The van der Waals surface area contributed by atoms with E-state index in [-0.39, 0.29) is 5.91 Å². The van der Waals surface area contributed by atoms with Crippen LogP contribution < -0.4 is 5.73 Å². The molecular formula is C13H16Br2N2O2. The second-order valence-corrected chi connectivity index (χ2v) is 6.40. The second kappa shape index (κ2) is 6.24. The predicted molar refractivity (Wildman–Crippen MR) is 81.6 cm³/mol. The van der Waals surface area contributed by atoms with Crippen LogP contribution in [0.25, 0.3) is 0 Å². The normalized spacial score (nSPS) is 17.3. The molecule has 1 unspecified atom stereocenters. The third-order valence-electron chi connectivity index (χ3n) is 3.32. The zero-order chi connectivity index (χ0) is 14.0. The van der Waals surface area contributed by atoms with E-state index in [1.165, 1.54) is 0 Å². The third kappa shape index (κ3) is 3.30. The molecule has 6 heteroatoms. The number of anilines is 1. The van der Waals surface area contributed by atoms with E-state index in [0.29, 0.717) is 20.2 Å². The zero-order valence-corrected chi connectivity index (χ0v) is 13.6. The number of nitrogen functional groups attached to an aromatic ring is 1. The van der Waals surface area contributed by atoms with E-state index in [2.05, 4.69) is 31.9 Å². The van der Waals surface area contributed by atoms with Gasteiger partial charge in [0, 0.05) is 22.0 Å². The van der Waals surface area contributed by atoms with Crippen molar-refractivity contribution in [2.75, 3.05) is 18.8 Å². The summed E-state index contributed by atoms with van der Waals surface area (Å²) in [5.74, 6) is -0.233. The standard InChI is InChI=1S/C13H16Br2N2O2/c14-9-6-8(7-10(15)11(9)16)12(18)13(19)17-4-2-1-3-5-17/h6-7,12,18H,1-5,16H2. The number of carbonyl (C=O) groups excluding carboxylic acids is 1. The highest BCUT2D eigenvalue weighted by molar-refractivity contribution is 9.11. The van der Waals surface area contributed by atoms with Crippen LogP contribution in [0.1, 0.15) is 30.9 Å². The Balaban J connectivity index is 2.18. The number of piperidine rings is 1. The molecule has 1 aliphatic heterocycles. The summed E-state index contributed by atoms with van der Waals surface area (Å²) in [5, 5.41) is 10.2. The minimum absolute atomic E-state index is 0.233. The van der Waals surface area contributed by atoms with Crippen molar-refractivity contribution >= 4 is 43.5 Å². The summed E-state index contributed by atoms with van der Waals surface area (Å²) in [4.78, 5) is 13.9. The first kappa shape index (κ1) is 14.8. The van der Waals surface area contributed by atoms with Gasteiger partial charge in [0.2, 0.25) is 0 Å². The molecule has 0 bridgehead atoms. The van der Waals surface area contributed by atoms with Crippen LogP contribution in [0, 0.1) is 0 Å². The Bertz CT molecular complexity index is 465. The molecule has 2 rings (SSSR count). The van der Waals surface area contributed by atoms with Crippen molar-refractivity contribution in [2.24, 2.45) is 0 Å². The molecule has 1 aliphatic rings. The highest BCUT2D eigenvalue weighted by Crippen LogP contribution is 2.32. The Morgan fingerprint density at radius 2 is 1.74 bits per heavy atom. The van der Waals surface area contributed by atoms with E-state index in [1.807, 2.05) is 0 Å². The summed E-state index contributed by atoms with van der Waals surface area (Å²) in [6, 6.07) is 3.37. The van der Waals surface area contributed by atoms with Crippen LogP contribution in [0.4, 0.5) is 5.69 Å². The van der Waals surface area contributed by atoms with Crippen molar-refractivity contribution in [2.45, 2.75) is 25.4 Å². The predicted octanol–water partition coefficient (Wildman–Crippen LogP) is 2.84. The Hall–Kier alpha value is -0.590. The summed E-state index contributed by atoms with van der Waals surface area (Å²) in [7, 11) is 0. The number of rotatable bonds is 2. The number of nitrogens with zero attached hydrogens (tertiary/aromatic N) is 1. The molecule has 1 heterocycles. The summed E-state index contributed by atoms with van der Waals surface area (Å²) < 4.78 is 1.34. The van der Waals surface area contributed by atoms with Crippen molar-refractivity contribution in [3.63, 3.8) is 0 Å². The lowest BCUT2D eigenvalue weighted by Gasteiger charge is -2.28. The van der Waals surface area contributed by atoms with Crippen molar-refractivity contribution < 1.29 is 9.90 Å². The fourth-order valence-electron chi connectivity index (χ4n) is 2.19. The molecule has 3 N–H and O–H groups in total. The molecule has 1 aromatic carbocycles. The van der Waals surface area contributed by atoms with E-state index in [1.54, 1.807) is 17.0 Å². The Labute approximate surface area is 129 Å². The van der Waals surface area contributed by atoms with Crippen LogP contribution >= 0.6 is 31.9 Å². The van der Waals surface area contributed by atoms with Gasteiger partial charge in [0.25, 0.3) is 5.91 Å². The molecule has 1 amide bonds. The fraction of sp³-hybridized carbons (Fsp3) is 0.462. The molecule has 1 fully saturated rings. The van der Waals surface area contributed by atoms with Gasteiger partial charge in [-0.25, -0.2) is 0 Å². The molecule has 0 saturated carbocycles. The van der Waals surface area contributed by atoms with Gasteiger partial charge in [0.15, 0.2) is 6.10 Å². The van der Waals surface area contributed by atoms with Crippen molar-refractivity contribution in [1.29, 1.82) is 0 Å². The molecule has 0 radical (unpaired) electrons. The molecule has 0 spiro atoms. The topological polar surface area (TPSA) is 66.6 Å². The van der Waals surface area contributed by atoms with Crippen LogP contribution in [0.15, 0.2) is 21.1 Å². The van der Waals surface area contributed by atoms with Gasteiger partial charge < -0.3 is 15.7 Å². The highest BCUT2D eigenvalue weighted by Gasteiger charge is 2.25. The number of hydrogen-bond donors (Lipinski definition) is 2. The number of halogens is 2. The van der Waals surface area contributed by atoms with Gasteiger partial charge in [-0.05, 0) is 68.8 Å². The van der Waals surface area contributed by atoms with Crippen molar-refractivity contribution in [3.05, 3.63) is 26.6 Å². The molecule has 4 nitrogen and oxygen atoms in total. The maximum atomic E-state index is 12.2. The van der Waals surface area contributed by atoms with Gasteiger partial charge in [0.1, 0.15) is 0 Å².